The van der Waals surface area contributed by atoms with Crippen LogP contribution in [-0.4, -0.2) is 59.6 Å². The average molecular weight is 288 g/mol. The first-order valence-corrected chi connectivity index (χ1v) is 7.92. The molecule has 7 heteroatoms. The van der Waals surface area contributed by atoms with Crippen LogP contribution in [-0.2, 0) is 0 Å². The standard InChI is InChI=1S/C11H20N4OS2/c1-8-10(18-11(12)14-8)17-7-9(16)6-15-4-2-13-3-5-15/h9,13,16H,2-7H2,1H3,(H2,12,14). The molecular weight excluding hydrogens is 268 g/mol. The number of nitrogen functional groups attached to an aromatic ring is 1. The van der Waals surface area contributed by atoms with Crippen molar-refractivity contribution in [3.05, 3.63) is 5.69 Å². The van der Waals surface area contributed by atoms with E-state index in [0.717, 1.165) is 42.6 Å². The van der Waals surface area contributed by atoms with E-state index in [1.165, 1.54) is 11.3 Å². The zero-order chi connectivity index (χ0) is 13.0. The van der Waals surface area contributed by atoms with Crippen molar-refractivity contribution in [3.63, 3.8) is 0 Å². The Hall–Kier alpha value is -0.340. The van der Waals surface area contributed by atoms with Crippen LogP contribution >= 0.6 is 23.1 Å². The first-order chi connectivity index (χ1) is 8.65. The number of nitrogens with one attached hydrogen (secondary N) is 1. The highest BCUT2D eigenvalue weighted by atomic mass is 32.2. The van der Waals surface area contributed by atoms with Crippen molar-refractivity contribution in [3.8, 4) is 0 Å². The van der Waals surface area contributed by atoms with Crippen LogP contribution in [0.4, 0.5) is 5.13 Å². The van der Waals surface area contributed by atoms with Crippen LogP contribution in [0, 0.1) is 6.92 Å². The highest BCUT2D eigenvalue weighted by molar-refractivity contribution is 8.01. The lowest BCUT2D eigenvalue weighted by Crippen LogP contribution is -2.46. The zero-order valence-corrected chi connectivity index (χ0v) is 12.2. The number of thioether (sulfide) groups is 1. The maximum absolute atomic E-state index is 10.0. The van der Waals surface area contributed by atoms with Gasteiger partial charge < -0.3 is 16.2 Å². The van der Waals surface area contributed by atoms with Crippen molar-refractivity contribution < 1.29 is 5.11 Å². The summed E-state index contributed by atoms with van der Waals surface area (Å²) in [5, 5.41) is 13.9. The molecule has 1 atom stereocenters. The predicted molar refractivity (Wildman–Crippen MR) is 77.3 cm³/mol. The molecule has 0 radical (unpaired) electrons. The third kappa shape index (κ3) is 4.10. The third-order valence-corrected chi connectivity index (χ3v) is 5.35. The summed E-state index contributed by atoms with van der Waals surface area (Å²) < 4.78 is 1.12. The minimum absolute atomic E-state index is 0.296. The van der Waals surface area contributed by atoms with Gasteiger partial charge in [-0.2, -0.15) is 0 Å². The fourth-order valence-electron chi connectivity index (χ4n) is 1.95. The van der Waals surface area contributed by atoms with Gasteiger partial charge in [0.25, 0.3) is 0 Å². The summed E-state index contributed by atoms with van der Waals surface area (Å²) in [4.78, 5) is 6.48. The molecule has 0 aliphatic carbocycles. The molecule has 0 aromatic carbocycles. The Bertz CT molecular complexity index is 379. The van der Waals surface area contributed by atoms with Gasteiger partial charge in [-0.25, -0.2) is 4.98 Å². The molecule has 1 aliphatic rings. The molecule has 1 aromatic rings. The molecule has 2 heterocycles. The number of aryl methyl sites for hydroxylation is 1. The number of nitrogens with zero attached hydrogens (tertiary/aromatic N) is 2. The van der Waals surface area contributed by atoms with Crippen LogP contribution in [0.5, 0.6) is 0 Å². The predicted octanol–water partition coefficient (Wildman–Crippen LogP) is 0.392. The van der Waals surface area contributed by atoms with Crippen molar-refractivity contribution in [2.45, 2.75) is 17.2 Å². The minimum atomic E-state index is -0.296. The molecule has 1 unspecified atom stereocenters. The molecule has 1 fully saturated rings. The van der Waals surface area contributed by atoms with Gasteiger partial charge in [0.1, 0.15) is 0 Å². The molecular formula is C11H20N4OS2. The van der Waals surface area contributed by atoms with E-state index in [1.807, 2.05) is 6.92 Å². The van der Waals surface area contributed by atoms with Gasteiger partial charge in [0.15, 0.2) is 5.13 Å². The number of anilines is 1. The maximum atomic E-state index is 10.0. The molecule has 1 saturated heterocycles. The van der Waals surface area contributed by atoms with Gasteiger partial charge in [-0.3, -0.25) is 4.90 Å². The van der Waals surface area contributed by atoms with E-state index in [4.69, 9.17) is 5.73 Å². The van der Waals surface area contributed by atoms with Crippen molar-refractivity contribution in [1.82, 2.24) is 15.2 Å². The van der Waals surface area contributed by atoms with E-state index in [9.17, 15) is 5.11 Å². The summed E-state index contributed by atoms with van der Waals surface area (Å²) in [7, 11) is 0. The molecule has 0 spiro atoms. The average Bonchev–Trinajstić information content (AvgIpc) is 2.66. The summed E-state index contributed by atoms with van der Waals surface area (Å²) in [6, 6.07) is 0. The van der Waals surface area contributed by atoms with Gasteiger partial charge in [-0.15, -0.1) is 11.8 Å². The normalized spacial score (nSPS) is 19.0. The topological polar surface area (TPSA) is 74.4 Å². The fraction of sp³-hybridized carbons (Fsp3) is 0.727. The van der Waals surface area contributed by atoms with E-state index in [1.54, 1.807) is 11.8 Å². The lowest BCUT2D eigenvalue weighted by molar-refractivity contribution is 0.121. The second-order valence-corrected chi connectivity index (χ2v) is 6.76. The summed E-state index contributed by atoms with van der Waals surface area (Å²) >= 11 is 3.15. The van der Waals surface area contributed by atoms with Gasteiger partial charge in [-0.1, -0.05) is 11.3 Å². The van der Waals surface area contributed by atoms with E-state index in [-0.39, 0.29) is 6.10 Å². The van der Waals surface area contributed by atoms with E-state index < -0.39 is 0 Å². The number of aliphatic hydroxyl groups is 1. The van der Waals surface area contributed by atoms with Crippen molar-refractivity contribution in [2.75, 3.05) is 44.2 Å². The maximum Gasteiger partial charge on any atom is 0.181 e. The number of aromatic nitrogens is 1. The Balaban J connectivity index is 1.74. The van der Waals surface area contributed by atoms with Gasteiger partial charge >= 0.3 is 0 Å². The molecule has 102 valence electrons. The Labute approximate surface area is 116 Å². The third-order valence-electron chi connectivity index (χ3n) is 2.86. The first kappa shape index (κ1) is 14.1. The number of rotatable bonds is 5. The van der Waals surface area contributed by atoms with Crippen molar-refractivity contribution in [2.24, 2.45) is 0 Å². The molecule has 5 nitrogen and oxygen atoms in total. The second-order valence-electron chi connectivity index (χ2n) is 4.44. The number of hydrogen-bond donors (Lipinski definition) is 3. The van der Waals surface area contributed by atoms with Crippen LogP contribution in [0.15, 0.2) is 4.21 Å². The van der Waals surface area contributed by atoms with Crippen LogP contribution in [0.2, 0.25) is 0 Å². The number of nitrogens with two attached hydrogens (primary N) is 1. The van der Waals surface area contributed by atoms with Gasteiger partial charge in [0, 0.05) is 38.5 Å². The molecule has 18 heavy (non-hydrogen) atoms. The summed E-state index contributed by atoms with van der Waals surface area (Å²) in [5.74, 6) is 0.701. The molecule has 1 aliphatic heterocycles. The number of hydrogen-bond acceptors (Lipinski definition) is 7. The number of piperazine rings is 1. The number of aliphatic hydroxyl groups excluding tert-OH is 1. The summed E-state index contributed by atoms with van der Waals surface area (Å²) in [6.07, 6.45) is -0.296. The minimum Gasteiger partial charge on any atom is -0.391 e. The highest BCUT2D eigenvalue weighted by Gasteiger charge is 2.15. The van der Waals surface area contributed by atoms with Crippen LogP contribution in [0.1, 0.15) is 5.69 Å². The molecule has 2 rings (SSSR count). The Morgan fingerprint density at radius 1 is 1.56 bits per heavy atom. The second kappa shape index (κ2) is 6.72. The first-order valence-electron chi connectivity index (χ1n) is 6.12. The fourth-order valence-corrected chi connectivity index (χ4v) is 3.92. The zero-order valence-electron chi connectivity index (χ0n) is 10.6. The Morgan fingerprint density at radius 2 is 2.28 bits per heavy atom. The molecule has 0 amide bonds. The monoisotopic (exact) mass is 288 g/mol. The van der Waals surface area contributed by atoms with Crippen molar-refractivity contribution in [1.29, 1.82) is 0 Å². The van der Waals surface area contributed by atoms with E-state index in [0.29, 0.717) is 10.9 Å². The quantitative estimate of drug-likeness (QED) is 0.681. The lowest BCUT2D eigenvalue weighted by atomic mass is 10.3. The van der Waals surface area contributed by atoms with Gasteiger partial charge in [0.05, 0.1) is 16.0 Å². The number of thiazole rings is 1. The lowest BCUT2D eigenvalue weighted by Gasteiger charge is -2.28. The Morgan fingerprint density at radius 3 is 2.89 bits per heavy atom. The molecule has 0 saturated carbocycles. The highest BCUT2D eigenvalue weighted by Crippen LogP contribution is 2.30. The molecule has 1 aromatic heterocycles. The summed E-state index contributed by atoms with van der Waals surface area (Å²) in [6.45, 7) is 6.79. The van der Waals surface area contributed by atoms with Gasteiger partial charge in [0.2, 0.25) is 0 Å². The van der Waals surface area contributed by atoms with Crippen LogP contribution in [0.25, 0.3) is 0 Å². The van der Waals surface area contributed by atoms with E-state index in [2.05, 4.69) is 15.2 Å². The Kier molecular flexibility index (Phi) is 5.25. The molecule has 0 bridgehead atoms. The summed E-state index contributed by atoms with van der Waals surface area (Å²) in [5.41, 5.74) is 6.62. The van der Waals surface area contributed by atoms with Crippen LogP contribution < -0.4 is 11.1 Å². The van der Waals surface area contributed by atoms with Gasteiger partial charge in [-0.05, 0) is 6.92 Å². The number of β-amino-alcohol motifs (C(OH)–C–C–N with tert-alkyl or cyclic N) is 1. The largest absolute Gasteiger partial charge is 0.391 e. The molecule has 4 N–H and O–H groups in total. The smallest absolute Gasteiger partial charge is 0.181 e. The van der Waals surface area contributed by atoms with Crippen LogP contribution in [0.3, 0.4) is 0 Å². The SMILES string of the molecule is Cc1nc(N)sc1SCC(O)CN1CCNCC1. The van der Waals surface area contributed by atoms with E-state index >= 15 is 0 Å². The van der Waals surface area contributed by atoms with Crippen molar-refractivity contribution >= 4 is 28.2 Å².